The summed E-state index contributed by atoms with van der Waals surface area (Å²) in [5, 5.41) is 3.29. The van der Waals surface area contributed by atoms with E-state index >= 15 is 0 Å². The molecule has 0 unspecified atom stereocenters. The zero-order valence-electron chi connectivity index (χ0n) is 9.56. The zero-order valence-corrected chi connectivity index (χ0v) is 10.4. The topological polar surface area (TPSA) is 41.5 Å². The molecule has 1 aromatic carbocycles. The van der Waals surface area contributed by atoms with Crippen LogP contribution in [-0.2, 0) is 9.73 Å². The van der Waals surface area contributed by atoms with E-state index in [1.165, 1.54) is 0 Å². The van der Waals surface area contributed by atoms with Gasteiger partial charge in [0.15, 0.2) is 0 Å². The number of hydrogen-bond acceptors (Lipinski definition) is 3. The highest BCUT2D eigenvalue weighted by molar-refractivity contribution is 7.93. The van der Waals surface area contributed by atoms with Crippen LogP contribution in [0.15, 0.2) is 39.6 Å². The highest BCUT2D eigenvalue weighted by Gasteiger charge is 2.14. The molecular formula is C12H18N2OS. The van der Waals surface area contributed by atoms with Crippen LogP contribution >= 0.6 is 0 Å². The number of rotatable bonds is 2. The van der Waals surface area contributed by atoms with Gasteiger partial charge in [0.2, 0.25) is 0 Å². The van der Waals surface area contributed by atoms with Crippen molar-refractivity contribution in [1.82, 2.24) is 5.32 Å². The van der Waals surface area contributed by atoms with E-state index in [4.69, 9.17) is 0 Å². The number of nitrogens with zero attached hydrogens (tertiary/aromatic N) is 1. The Labute approximate surface area is 97.4 Å². The van der Waals surface area contributed by atoms with E-state index in [-0.39, 0.29) is 6.04 Å². The SMILES string of the molecule is C[S@](=O)(=NC1CCNCC1)c1ccccc1. The van der Waals surface area contributed by atoms with Gasteiger partial charge in [0, 0.05) is 11.2 Å². The van der Waals surface area contributed by atoms with E-state index in [2.05, 4.69) is 9.68 Å². The zero-order chi connectivity index (χ0) is 11.4. The second-order valence-electron chi connectivity index (χ2n) is 4.20. The van der Waals surface area contributed by atoms with Crippen LogP contribution in [0.3, 0.4) is 0 Å². The van der Waals surface area contributed by atoms with Gasteiger partial charge in [-0.1, -0.05) is 18.2 Å². The Morgan fingerprint density at radius 1 is 1.25 bits per heavy atom. The minimum atomic E-state index is -2.21. The van der Waals surface area contributed by atoms with Gasteiger partial charge in [0.1, 0.15) is 0 Å². The van der Waals surface area contributed by atoms with E-state index in [9.17, 15) is 4.21 Å². The number of benzene rings is 1. The third kappa shape index (κ3) is 2.83. The molecule has 1 atom stereocenters. The molecule has 0 aromatic heterocycles. The molecule has 0 aliphatic carbocycles. The first-order chi connectivity index (χ1) is 7.68. The quantitative estimate of drug-likeness (QED) is 0.855. The predicted octanol–water partition coefficient (Wildman–Crippen LogP) is 1.90. The third-order valence-corrected chi connectivity index (χ3v) is 4.69. The summed E-state index contributed by atoms with van der Waals surface area (Å²) in [6.45, 7) is 1.97. The van der Waals surface area contributed by atoms with Gasteiger partial charge >= 0.3 is 0 Å². The first-order valence-corrected chi connectivity index (χ1v) is 7.58. The molecule has 1 saturated heterocycles. The fourth-order valence-corrected chi connectivity index (χ4v) is 3.49. The van der Waals surface area contributed by atoms with Gasteiger partial charge in [-0.25, -0.2) is 8.57 Å². The second kappa shape index (κ2) is 4.97. The number of hydrogen-bond donors (Lipinski definition) is 1. The molecule has 3 nitrogen and oxygen atoms in total. The maximum absolute atomic E-state index is 12.5. The van der Waals surface area contributed by atoms with E-state index in [1.807, 2.05) is 30.3 Å². The third-order valence-electron chi connectivity index (χ3n) is 2.84. The van der Waals surface area contributed by atoms with Crippen LogP contribution in [-0.4, -0.2) is 29.6 Å². The highest BCUT2D eigenvalue weighted by Crippen LogP contribution is 2.16. The molecule has 16 heavy (non-hydrogen) atoms. The van der Waals surface area contributed by atoms with Gasteiger partial charge in [-0.3, -0.25) is 0 Å². The normalized spacial score (nSPS) is 21.3. The molecule has 1 N–H and O–H groups in total. The molecule has 0 bridgehead atoms. The molecule has 1 aliphatic heterocycles. The summed E-state index contributed by atoms with van der Waals surface area (Å²) in [5.74, 6) is 0. The van der Waals surface area contributed by atoms with Crippen molar-refractivity contribution in [1.29, 1.82) is 0 Å². The van der Waals surface area contributed by atoms with Gasteiger partial charge in [-0.15, -0.1) is 0 Å². The number of nitrogens with one attached hydrogen (secondary N) is 1. The Morgan fingerprint density at radius 2 is 1.88 bits per heavy atom. The molecular weight excluding hydrogens is 220 g/mol. The van der Waals surface area contributed by atoms with Crippen molar-refractivity contribution in [3.63, 3.8) is 0 Å². The summed E-state index contributed by atoms with van der Waals surface area (Å²) < 4.78 is 17.0. The van der Waals surface area contributed by atoms with Gasteiger partial charge in [-0.2, -0.15) is 0 Å². The van der Waals surface area contributed by atoms with E-state index in [0.717, 1.165) is 30.8 Å². The van der Waals surface area contributed by atoms with Crippen LogP contribution < -0.4 is 5.32 Å². The standard InChI is InChI=1S/C12H18N2OS/c1-16(15,12-5-3-2-4-6-12)14-11-7-9-13-10-8-11/h2-6,11,13H,7-10H2,1H3/t16-/m1/s1. The van der Waals surface area contributed by atoms with Crippen LogP contribution in [0, 0.1) is 0 Å². The average molecular weight is 238 g/mol. The van der Waals surface area contributed by atoms with Gasteiger partial charge in [-0.05, 0) is 38.1 Å². The van der Waals surface area contributed by atoms with Crippen LogP contribution in [0.2, 0.25) is 0 Å². The minimum absolute atomic E-state index is 0.249. The van der Waals surface area contributed by atoms with E-state index in [1.54, 1.807) is 6.26 Å². The highest BCUT2D eigenvalue weighted by atomic mass is 32.2. The fraction of sp³-hybridized carbons (Fsp3) is 0.500. The molecule has 4 heteroatoms. The summed E-state index contributed by atoms with van der Waals surface area (Å²) in [6.07, 6.45) is 3.74. The van der Waals surface area contributed by atoms with Crippen molar-refractivity contribution in [2.24, 2.45) is 4.36 Å². The lowest BCUT2D eigenvalue weighted by molar-refractivity contribution is 0.461. The Hall–Kier alpha value is -0.870. The maximum atomic E-state index is 12.5. The van der Waals surface area contributed by atoms with Crippen molar-refractivity contribution in [2.75, 3.05) is 19.3 Å². The monoisotopic (exact) mass is 238 g/mol. The maximum Gasteiger partial charge on any atom is 0.0725 e. The van der Waals surface area contributed by atoms with Gasteiger partial charge < -0.3 is 5.32 Å². The summed E-state index contributed by atoms with van der Waals surface area (Å²) in [5.41, 5.74) is 0. The molecule has 1 aliphatic rings. The second-order valence-corrected chi connectivity index (χ2v) is 6.49. The molecule has 0 radical (unpaired) electrons. The number of piperidine rings is 1. The fourth-order valence-electron chi connectivity index (χ4n) is 1.93. The Balaban J connectivity index is 2.24. The van der Waals surface area contributed by atoms with Crippen molar-refractivity contribution < 1.29 is 4.21 Å². The first kappa shape index (κ1) is 11.6. The molecule has 1 heterocycles. The van der Waals surface area contributed by atoms with Gasteiger partial charge in [0.25, 0.3) is 0 Å². The van der Waals surface area contributed by atoms with E-state index in [0.29, 0.717) is 0 Å². The first-order valence-electron chi connectivity index (χ1n) is 5.65. The summed E-state index contributed by atoms with van der Waals surface area (Å²) in [4.78, 5) is 0.841. The van der Waals surface area contributed by atoms with Crippen LogP contribution in [0.25, 0.3) is 0 Å². The lowest BCUT2D eigenvalue weighted by Gasteiger charge is -2.20. The Kier molecular flexibility index (Phi) is 3.61. The lowest BCUT2D eigenvalue weighted by atomic mass is 10.1. The largest absolute Gasteiger partial charge is 0.317 e. The van der Waals surface area contributed by atoms with Crippen LogP contribution in [0.5, 0.6) is 0 Å². The summed E-state index contributed by atoms with van der Waals surface area (Å²) in [6, 6.07) is 9.80. The van der Waals surface area contributed by atoms with Crippen LogP contribution in [0.1, 0.15) is 12.8 Å². The van der Waals surface area contributed by atoms with Crippen molar-refractivity contribution in [3.05, 3.63) is 30.3 Å². The summed E-state index contributed by atoms with van der Waals surface area (Å²) in [7, 11) is -2.21. The van der Waals surface area contributed by atoms with Crippen molar-refractivity contribution >= 4 is 9.73 Å². The smallest absolute Gasteiger partial charge is 0.0725 e. The van der Waals surface area contributed by atoms with Crippen LogP contribution in [0.4, 0.5) is 0 Å². The Morgan fingerprint density at radius 3 is 2.50 bits per heavy atom. The van der Waals surface area contributed by atoms with E-state index < -0.39 is 9.73 Å². The molecule has 0 saturated carbocycles. The molecule has 0 amide bonds. The molecule has 88 valence electrons. The molecule has 2 rings (SSSR count). The lowest BCUT2D eigenvalue weighted by Crippen LogP contribution is -2.30. The average Bonchev–Trinajstić information content (AvgIpc) is 2.31. The molecule has 1 fully saturated rings. The van der Waals surface area contributed by atoms with Crippen molar-refractivity contribution in [2.45, 2.75) is 23.8 Å². The summed E-state index contributed by atoms with van der Waals surface area (Å²) >= 11 is 0. The molecule has 1 aromatic rings. The predicted molar refractivity (Wildman–Crippen MR) is 67.1 cm³/mol. The minimum Gasteiger partial charge on any atom is -0.317 e. The molecule has 0 spiro atoms. The Bertz CT molecular complexity index is 443. The van der Waals surface area contributed by atoms with Gasteiger partial charge in [0.05, 0.1) is 15.8 Å². The van der Waals surface area contributed by atoms with Crippen molar-refractivity contribution in [3.8, 4) is 0 Å².